The Kier molecular flexibility index (Phi) is 7.99. The molecule has 0 bridgehead atoms. The maximum absolute atomic E-state index is 6.06. The fraction of sp³-hybridized carbons (Fsp3) is 0.556. The van der Waals surface area contributed by atoms with Crippen LogP contribution < -0.4 is 18.9 Å². The van der Waals surface area contributed by atoms with E-state index in [1.807, 2.05) is 0 Å². The van der Waals surface area contributed by atoms with Crippen LogP contribution >= 0.6 is 0 Å². The molecule has 0 aliphatic carbocycles. The number of benzene rings is 2. The molecule has 0 radical (unpaired) electrons. The predicted octanol–water partition coefficient (Wildman–Crippen LogP) is 4.75. The fourth-order valence-electron chi connectivity index (χ4n) is 4.07. The summed E-state index contributed by atoms with van der Waals surface area (Å²) in [5.74, 6) is 3.10. The summed E-state index contributed by atoms with van der Waals surface area (Å²) < 4.78 is 34.1. The molecule has 0 aromatic heterocycles. The summed E-state index contributed by atoms with van der Waals surface area (Å²) in [6, 6.07) is 8.55. The van der Waals surface area contributed by atoms with E-state index in [0.29, 0.717) is 13.2 Å². The Bertz CT molecular complexity index is 857. The van der Waals surface area contributed by atoms with Gasteiger partial charge >= 0.3 is 0 Å². The molecule has 2 unspecified atom stereocenters. The number of methoxy groups -OCH3 is 2. The zero-order valence-electron chi connectivity index (χ0n) is 20.3. The highest BCUT2D eigenvalue weighted by Crippen LogP contribution is 2.37. The van der Waals surface area contributed by atoms with Crippen LogP contribution in [-0.4, -0.2) is 52.9 Å². The second-order valence-corrected chi connectivity index (χ2v) is 8.75. The van der Waals surface area contributed by atoms with Gasteiger partial charge in [0.1, 0.15) is 25.4 Å². The molecule has 4 rings (SSSR count). The Hall–Kier alpha value is -2.44. The predicted molar refractivity (Wildman–Crippen MR) is 127 cm³/mol. The normalized spacial score (nSPS) is 18.7. The zero-order valence-corrected chi connectivity index (χ0v) is 20.3. The largest absolute Gasteiger partial charge is 0.493 e. The molecular formula is C27H36O6. The maximum Gasteiger partial charge on any atom is 0.161 e. The SMILES string of the molecule is CCCc1cc(OC)c(OCC2CO2)cc1Cc1cc(OCC2CO2)c(OC)cc1CCC. The summed E-state index contributed by atoms with van der Waals surface area (Å²) in [6.45, 7) is 7.04. The Morgan fingerprint density at radius 3 is 1.39 bits per heavy atom. The van der Waals surface area contributed by atoms with E-state index in [1.54, 1.807) is 14.2 Å². The molecule has 2 aliphatic heterocycles. The van der Waals surface area contributed by atoms with Crippen LogP contribution in [0.1, 0.15) is 48.9 Å². The molecular weight excluding hydrogens is 420 g/mol. The topological polar surface area (TPSA) is 62.0 Å². The van der Waals surface area contributed by atoms with E-state index in [4.69, 9.17) is 28.4 Å². The van der Waals surface area contributed by atoms with Gasteiger partial charge in [0, 0.05) is 0 Å². The molecule has 0 N–H and O–H groups in total. The van der Waals surface area contributed by atoms with Crippen LogP contribution in [0.3, 0.4) is 0 Å². The first kappa shape index (κ1) is 23.7. The van der Waals surface area contributed by atoms with Gasteiger partial charge in [-0.3, -0.25) is 0 Å². The minimum atomic E-state index is 0.196. The number of aryl methyl sites for hydroxylation is 2. The second-order valence-electron chi connectivity index (χ2n) is 8.75. The van der Waals surface area contributed by atoms with Crippen molar-refractivity contribution in [3.05, 3.63) is 46.5 Å². The van der Waals surface area contributed by atoms with Crippen LogP contribution in [-0.2, 0) is 28.7 Å². The van der Waals surface area contributed by atoms with Crippen LogP contribution in [0.15, 0.2) is 24.3 Å². The lowest BCUT2D eigenvalue weighted by molar-refractivity contribution is 0.251. The van der Waals surface area contributed by atoms with E-state index in [2.05, 4.69) is 38.1 Å². The van der Waals surface area contributed by atoms with Crippen LogP contribution in [0.25, 0.3) is 0 Å². The molecule has 33 heavy (non-hydrogen) atoms. The molecule has 6 nitrogen and oxygen atoms in total. The third kappa shape index (κ3) is 6.33. The van der Waals surface area contributed by atoms with Crippen molar-refractivity contribution in [2.45, 2.75) is 58.2 Å². The number of epoxide rings is 2. The molecule has 2 heterocycles. The molecule has 2 fully saturated rings. The van der Waals surface area contributed by atoms with Crippen molar-refractivity contribution in [1.82, 2.24) is 0 Å². The first-order valence-corrected chi connectivity index (χ1v) is 12.0. The van der Waals surface area contributed by atoms with Gasteiger partial charge in [0.25, 0.3) is 0 Å². The number of hydrogen-bond donors (Lipinski definition) is 0. The second kappa shape index (κ2) is 11.1. The van der Waals surface area contributed by atoms with Crippen LogP contribution in [0, 0.1) is 0 Å². The minimum absolute atomic E-state index is 0.196. The lowest BCUT2D eigenvalue weighted by atomic mass is 9.92. The van der Waals surface area contributed by atoms with E-state index >= 15 is 0 Å². The monoisotopic (exact) mass is 456 g/mol. The number of rotatable bonds is 14. The van der Waals surface area contributed by atoms with E-state index in [9.17, 15) is 0 Å². The first-order chi connectivity index (χ1) is 16.1. The van der Waals surface area contributed by atoms with E-state index in [-0.39, 0.29) is 12.2 Å². The highest BCUT2D eigenvalue weighted by Gasteiger charge is 2.25. The van der Waals surface area contributed by atoms with Gasteiger partial charge in [0.05, 0.1) is 27.4 Å². The maximum atomic E-state index is 6.06. The average molecular weight is 457 g/mol. The minimum Gasteiger partial charge on any atom is -0.493 e. The van der Waals surface area contributed by atoms with Gasteiger partial charge in [0.2, 0.25) is 0 Å². The van der Waals surface area contributed by atoms with Crippen molar-refractivity contribution >= 4 is 0 Å². The van der Waals surface area contributed by atoms with Crippen LogP contribution in [0.5, 0.6) is 23.0 Å². The van der Waals surface area contributed by atoms with Gasteiger partial charge in [0.15, 0.2) is 23.0 Å². The summed E-state index contributed by atoms with van der Waals surface area (Å²) >= 11 is 0. The molecule has 0 spiro atoms. The lowest BCUT2D eigenvalue weighted by Crippen LogP contribution is -2.08. The fourth-order valence-corrected chi connectivity index (χ4v) is 4.07. The van der Waals surface area contributed by atoms with Crippen molar-refractivity contribution in [2.24, 2.45) is 0 Å². The summed E-state index contributed by atoms with van der Waals surface area (Å²) in [6.07, 6.45) is 5.28. The van der Waals surface area contributed by atoms with Gasteiger partial charge in [-0.15, -0.1) is 0 Å². The van der Waals surface area contributed by atoms with Gasteiger partial charge in [-0.1, -0.05) is 26.7 Å². The van der Waals surface area contributed by atoms with Crippen molar-refractivity contribution in [1.29, 1.82) is 0 Å². The summed E-state index contributed by atoms with van der Waals surface area (Å²) in [5.41, 5.74) is 5.08. The molecule has 2 saturated heterocycles. The molecule has 2 aromatic rings. The Morgan fingerprint density at radius 1 is 0.667 bits per heavy atom. The van der Waals surface area contributed by atoms with E-state index < -0.39 is 0 Å². The third-order valence-corrected chi connectivity index (χ3v) is 6.05. The van der Waals surface area contributed by atoms with Gasteiger partial charge < -0.3 is 28.4 Å². The Morgan fingerprint density at radius 2 is 1.06 bits per heavy atom. The summed E-state index contributed by atoms with van der Waals surface area (Å²) in [7, 11) is 3.39. The molecule has 2 atom stereocenters. The van der Waals surface area contributed by atoms with Gasteiger partial charge in [-0.05, 0) is 65.8 Å². The Balaban J connectivity index is 1.66. The Labute approximate surface area is 197 Å². The molecule has 6 heteroatoms. The molecule has 2 aliphatic rings. The molecule has 0 saturated carbocycles. The van der Waals surface area contributed by atoms with E-state index in [0.717, 1.165) is 68.3 Å². The molecule has 180 valence electrons. The van der Waals surface area contributed by atoms with Crippen molar-refractivity contribution < 1.29 is 28.4 Å². The quantitative estimate of drug-likeness (QED) is 0.382. The summed E-state index contributed by atoms with van der Waals surface area (Å²) in [4.78, 5) is 0. The van der Waals surface area contributed by atoms with Gasteiger partial charge in [-0.2, -0.15) is 0 Å². The van der Waals surface area contributed by atoms with Crippen molar-refractivity contribution in [3.63, 3.8) is 0 Å². The molecule has 0 amide bonds. The highest BCUT2D eigenvalue weighted by molar-refractivity contribution is 5.52. The standard InChI is InChI=1S/C27H36O6/c1-5-7-18-10-24(28-3)26(32-16-22-14-30-22)12-20(18)9-21-13-27(33-17-23-15-31-23)25(29-4)11-19(21)8-6-2/h10-13,22-23H,5-9,14-17H2,1-4H3. The van der Waals surface area contributed by atoms with Crippen LogP contribution in [0.4, 0.5) is 0 Å². The van der Waals surface area contributed by atoms with E-state index in [1.165, 1.54) is 22.3 Å². The number of ether oxygens (including phenoxy) is 6. The molecule has 2 aromatic carbocycles. The lowest BCUT2D eigenvalue weighted by Gasteiger charge is -2.19. The summed E-state index contributed by atoms with van der Waals surface area (Å²) in [5, 5.41) is 0. The van der Waals surface area contributed by atoms with Crippen molar-refractivity contribution in [3.8, 4) is 23.0 Å². The van der Waals surface area contributed by atoms with Crippen molar-refractivity contribution in [2.75, 3.05) is 40.6 Å². The van der Waals surface area contributed by atoms with Gasteiger partial charge in [-0.25, -0.2) is 0 Å². The highest BCUT2D eigenvalue weighted by atomic mass is 16.6. The zero-order chi connectivity index (χ0) is 23.2. The average Bonchev–Trinajstić information content (AvgIpc) is 3.74. The smallest absolute Gasteiger partial charge is 0.161 e. The number of hydrogen-bond acceptors (Lipinski definition) is 6. The van der Waals surface area contributed by atoms with Crippen LogP contribution in [0.2, 0.25) is 0 Å². The first-order valence-electron chi connectivity index (χ1n) is 12.0. The third-order valence-electron chi connectivity index (χ3n) is 6.05.